The van der Waals surface area contributed by atoms with E-state index < -0.39 is 20.1 Å². The molecule has 2 N–H and O–H groups in total. The van der Waals surface area contributed by atoms with Crippen molar-refractivity contribution in [2.24, 2.45) is 0 Å². The molecule has 0 aliphatic rings. The summed E-state index contributed by atoms with van der Waals surface area (Å²) in [6, 6.07) is 8.02. The van der Waals surface area contributed by atoms with Crippen LogP contribution in [0.25, 0.3) is 10.8 Å². The molecule has 0 aliphatic carbocycles. The van der Waals surface area contributed by atoms with Crippen LogP contribution in [0.4, 0.5) is 5.88 Å². The van der Waals surface area contributed by atoms with E-state index in [1.54, 1.807) is 6.92 Å². The highest BCUT2D eigenvalue weighted by Crippen LogP contribution is 2.29. The van der Waals surface area contributed by atoms with Crippen molar-refractivity contribution in [2.75, 3.05) is 4.72 Å². The van der Waals surface area contributed by atoms with Crippen LogP contribution in [0, 0.1) is 6.92 Å². The molecular formula is C14H11BrN2O6S2. The molecule has 0 fully saturated rings. The first kappa shape index (κ1) is 17.9. The molecule has 2 aromatic carbocycles. The molecule has 0 saturated heterocycles. The van der Waals surface area contributed by atoms with Crippen LogP contribution < -0.4 is 4.72 Å². The fourth-order valence-corrected chi connectivity index (χ4v) is 4.35. The average molecular weight is 447 g/mol. The number of benzene rings is 2. The van der Waals surface area contributed by atoms with Gasteiger partial charge in [-0.1, -0.05) is 23.4 Å². The molecule has 0 atom stereocenters. The van der Waals surface area contributed by atoms with Crippen molar-refractivity contribution in [3.8, 4) is 0 Å². The zero-order valence-corrected chi connectivity index (χ0v) is 15.8. The molecule has 132 valence electrons. The summed E-state index contributed by atoms with van der Waals surface area (Å²) in [6.07, 6.45) is 0. The van der Waals surface area contributed by atoms with Crippen LogP contribution in [0.1, 0.15) is 5.69 Å². The third-order valence-corrected chi connectivity index (χ3v) is 6.59. The average Bonchev–Trinajstić information content (AvgIpc) is 2.84. The Bertz CT molecular complexity index is 1190. The number of halogens is 1. The molecule has 3 aromatic rings. The van der Waals surface area contributed by atoms with E-state index in [2.05, 4.69) is 25.8 Å². The van der Waals surface area contributed by atoms with Crippen molar-refractivity contribution in [3.63, 3.8) is 0 Å². The fourth-order valence-electron chi connectivity index (χ4n) is 2.23. The molecule has 11 heteroatoms. The number of hydrogen-bond donors (Lipinski definition) is 2. The van der Waals surface area contributed by atoms with Crippen molar-refractivity contribution in [1.82, 2.24) is 5.16 Å². The van der Waals surface area contributed by atoms with E-state index in [1.165, 1.54) is 36.4 Å². The lowest BCUT2D eigenvalue weighted by molar-refractivity contribution is 0.430. The number of nitrogens with zero attached hydrogens (tertiary/aromatic N) is 1. The number of fused-ring (bicyclic) bond motifs is 1. The molecule has 8 nitrogen and oxygen atoms in total. The summed E-state index contributed by atoms with van der Waals surface area (Å²) < 4.78 is 64.6. The zero-order valence-electron chi connectivity index (χ0n) is 12.6. The Kier molecular flexibility index (Phi) is 4.35. The minimum Gasteiger partial charge on any atom is -0.336 e. The Labute approximate surface area is 151 Å². The van der Waals surface area contributed by atoms with Crippen LogP contribution in [0.15, 0.2) is 55.2 Å². The van der Waals surface area contributed by atoms with Crippen LogP contribution >= 0.6 is 15.9 Å². The third-order valence-electron chi connectivity index (χ3n) is 3.42. The van der Waals surface area contributed by atoms with Crippen LogP contribution in [-0.4, -0.2) is 26.5 Å². The van der Waals surface area contributed by atoms with Crippen LogP contribution in [0.2, 0.25) is 0 Å². The Morgan fingerprint density at radius 1 is 1.16 bits per heavy atom. The topological polar surface area (TPSA) is 127 Å². The smallest absolute Gasteiger partial charge is 0.295 e. The lowest BCUT2D eigenvalue weighted by atomic mass is 10.1. The molecule has 0 aliphatic heterocycles. The van der Waals surface area contributed by atoms with Gasteiger partial charge in [0.25, 0.3) is 26.0 Å². The highest BCUT2D eigenvalue weighted by Gasteiger charge is 2.21. The van der Waals surface area contributed by atoms with Gasteiger partial charge in [0.1, 0.15) is 9.37 Å². The summed E-state index contributed by atoms with van der Waals surface area (Å²) in [6.45, 7) is 1.64. The van der Waals surface area contributed by atoms with Crippen molar-refractivity contribution >= 4 is 52.7 Å². The SMILES string of the molecule is Cc1noc(NS(=O)(=O)c2ccc3c(S(=O)(=O)O)cccc3c2)c1Br. The maximum atomic E-state index is 12.5. The number of nitrogens with one attached hydrogen (secondary N) is 1. The van der Waals surface area contributed by atoms with Gasteiger partial charge in [-0.05, 0) is 46.4 Å². The number of anilines is 1. The molecule has 0 amide bonds. The summed E-state index contributed by atoms with van der Waals surface area (Å²) in [5.41, 5.74) is 0.481. The van der Waals surface area contributed by atoms with E-state index in [1.807, 2.05) is 0 Å². The second kappa shape index (κ2) is 6.09. The van der Waals surface area contributed by atoms with Gasteiger partial charge in [0.15, 0.2) is 0 Å². The van der Waals surface area contributed by atoms with Gasteiger partial charge in [-0.15, -0.1) is 0 Å². The first-order valence-electron chi connectivity index (χ1n) is 6.74. The summed E-state index contributed by atoms with van der Waals surface area (Å²) in [5.74, 6) is -0.0655. The van der Waals surface area contributed by atoms with Gasteiger partial charge < -0.3 is 4.52 Å². The van der Waals surface area contributed by atoms with Crippen molar-refractivity contribution in [2.45, 2.75) is 16.7 Å². The number of rotatable bonds is 4. The molecule has 0 unspecified atom stereocenters. The Morgan fingerprint density at radius 2 is 1.88 bits per heavy atom. The summed E-state index contributed by atoms with van der Waals surface area (Å²) in [7, 11) is -8.41. The van der Waals surface area contributed by atoms with Gasteiger partial charge in [-0.3, -0.25) is 4.55 Å². The maximum Gasteiger partial charge on any atom is 0.295 e. The number of sulfonamides is 1. The lowest BCUT2D eigenvalue weighted by Crippen LogP contribution is -2.12. The first-order valence-corrected chi connectivity index (χ1v) is 10.5. The van der Waals surface area contributed by atoms with E-state index in [0.29, 0.717) is 15.6 Å². The molecule has 0 radical (unpaired) electrons. The minimum absolute atomic E-state index is 0.0655. The fraction of sp³-hybridized carbons (Fsp3) is 0.0714. The van der Waals surface area contributed by atoms with E-state index in [-0.39, 0.29) is 21.1 Å². The monoisotopic (exact) mass is 446 g/mol. The van der Waals surface area contributed by atoms with Crippen LogP contribution in [0.3, 0.4) is 0 Å². The van der Waals surface area contributed by atoms with Gasteiger partial charge in [0, 0.05) is 5.39 Å². The molecule has 1 heterocycles. The van der Waals surface area contributed by atoms with Crippen molar-refractivity contribution in [3.05, 3.63) is 46.6 Å². The highest BCUT2D eigenvalue weighted by atomic mass is 79.9. The minimum atomic E-state index is -4.42. The van der Waals surface area contributed by atoms with Gasteiger partial charge in [-0.2, -0.15) is 8.42 Å². The van der Waals surface area contributed by atoms with Gasteiger partial charge in [-0.25, -0.2) is 13.1 Å². The van der Waals surface area contributed by atoms with Crippen LogP contribution in [-0.2, 0) is 20.1 Å². The summed E-state index contributed by atoms with van der Waals surface area (Å²) >= 11 is 3.17. The largest absolute Gasteiger partial charge is 0.336 e. The molecule has 0 bridgehead atoms. The molecule has 0 saturated carbocycles. The third kappa shape index (κ3) is 3.40. The van der Waals surface area contributed by atoms with E-state index in [9.17, 15) is 21.4 Å². The van der Waals surface area contributed by atoms with Crippen molar-refractivity contribution < 1.29 is 25.9 Å². The first-order chi connectivity index (χ1) is 11.6. The second-order valence-corrected chi connectivity index (χ2v) is 9.00. The molecular weight excluding hydrogens is 436 g/mol. The standard InChI is InChI=1S/C14H11BrN2O6S2/c1-8-13(15)14(23-16-8)17-24(18,19)10-5-6-11-9(7-10)3-2-4-12(11)25(20,21)22/h2-7,17H,1H3,(H,20,21,22). The van der Waals surface area contributed by atoms with E-state index >= 15 is 0 Å². The van der Waals surface area contributed by atoms with Gasteiger partial charge >= 0.3 is 0 Å². The highest BCUT2D eigenvalue weighted by molar-refractivity contribution is 9.10. The van der Waals surface area contributed by atoms with Crippen molar-refractivity contribution in [1.29, 1.82) is 0 Å². The normalized spacial score (nSPS) is 12.4. The second-order valence-electron chi connectivity index (χ2n) is 5.13. The molecule has 1 aromatic heterocycles. The summed E-state index contributed by atoms with van der Waals surface area (Å²) in [4.78, 5) is -0.399. The molecule has 0 spiro atoms. The van der Waals surface area contributed by atoms with Gasteiger partial charge in [0.2, 0.25) is 0 Å². The van der Waals surface area contributed by atoms with E-state index in [0.717, 1.165) is 0 Å². The molecule has 25 heavy (non-hydrogen) atoms. The van der Waals surface area contributed by atoms with Crippen LogP contribution in [0.5, 0.6) is 0 Å². The molecule has 3 rings (SSSR count). The van der Waals surface area contributed by atoms with Gasteiger partial charge in [0.05, 0.1) is 10.6 Å². The summed E-state index contributed by atoms with van der Waals surface area (Å²) in [5, 5.41) is 4.19. The number of aromatic nitrogens is 1. The zero-order chi connectivity index (χ0) is 18.4. The van der Waals surface area contributed by atoms with E-state index in [4.69, 9.17) is 4.52 Å². The quantitative estimate of drug-likeness (QED) is 0.589. The maximum absolute atomic E-state index is 12.5. The Balaban J connectivity index is 2.09. The predicted molar refractivity (Wildman–Crippen MR) is 93.5 cm³/mol. The predicted octanol–water partition coefficient (Wildman–Crippen LogP) is 2.95. The Morgan fingerprint density at radius 3 is 2.48 bits per heavy atom. The number of hydrogen-bond acceptors (Lipinski definition) is 6. The Hall–Kier alpha value is -1.95. The number of aryl methyl sites for hydroxylation is 1. The lowest BCUT2D eigenvalue weighted by Gasteiger charge is -2.08.